The monoisotopic (exact) mass is 323 g/mol. The summed E-state index contributed by atoms with van der Waals surface area (Å²) in [6.07, 6.45) is 0. The SMILES string of the molecule is Fc1ccc(CSSSc2nc3ccccc3o2)cc1. The Hall–Kier alpha value is -1.11. The highest BCUT2D eigenvalue weighted by atomic mass is 33.5. The highest BCUT2D eigenvalue weighted by molar-refractivity contribution is 9.09. The third-order valence-corrected chi connectivity index (χ3v) is 6.25. The van der Waals surface area contributed by atoms with E-state index in [1.54, 1.807) is 32.8 Å². The van der Waals surface area contributed by atoms with E-state index < -0.39 is 0 Å². The normalized spacial score (nSPS) is 11.1. The molecule has 1 heterocycles. The van der Waals surface area contributed by atoms with E-state index >= 15 is 0 Å². The maximum Gasteiger partial charge on any atom is 0.268 e. The van der Waals surface area contributed by atoms with E-state index in [9.17, 15) is 4.39 Å². The van der Waals surface area contributed by atoms with Gasteiger partial charge in [-0.1, -0.05) is 35.1 Å². The third kappa shape index (κ3) is 3.50. The predicted octanol–water partition coefficient (Wildman–Crippen LogP) is 5.56. The van der Waals surface area contributed by atoms with E-state index in [4.69, 9.17) is 4.42 Å². The molecular formula is C14H10FNOS3. The summed E-state index contributed by atoms with van der Waals surface area (Å²) < 4.78 is 18.4. The first kappa shape index (κ1) is 13.9. The summed E-state index contributed by atoms with van der Waals surface area (Å²) >= 11 is 0. The van der Waals surface area contributed by atoms with Gasteiger partial charge >= 0.3 is 0 Å². The van der Waals surface area contributed by atoms with Crippen LogP contribution in [-0.4, -0.2) is 4.98 Å². The van der Waals surface area contributed by atoms with Gasteiger partial charge in [0.2, 0.25) is 0 Å². The van der Waals surface area contributed by atoms with Gasteiger partial charge in [-0.2, -0.15) is 0 Å². The van der Waals surface area contributed by atoms with E-state index in [0.717, 1.165) is 22.4 Å². The second-order valence-corrected chi connectivity index (χ2v) is 8.00. The van der Waals surface area contributed by atoms with E-state index in [1.165, 1.54) is 22.9 Å². The Kier molecular flexibility index (Phi) is 4.54. The van der Waals surface area contributed by atoms with Crippen molar-refractivity contribution in [3.63, 3.8) is 0 Å². The number of fused-ring (bicyclic) bond motifs is 1. The Balaban J connectivity index is 1.51. The van der Waals surface area contributed by atoms with Crippen LogP contribution >= 0.6 is 31.4 Å². The molecule has 3 aromatic rings. The van der Waals surface area contributed by atoms with Gasteiger partial charge in [-0.15, -0.1) is 0 Å². The molecule has 0 atom stereocenters. The van der Waals surface area contributed by atoms with Crippen molar-refractivity contribution in [3.8, 4) is 0 Å². The Morgan fingerprint density at radius 2 is 1.85 bits per heavy atom. The molecule has 0 N–H and O–H groups in total. The molecule has 2 nitrogen and oxygen atoms in total. The van der Waals surface area contributed by atoms with Gasteiger partial charge in [0, 0.05) is 16.5 Å². The number of benzene rings is 2. The fourth-order valence-corrected chi connectivity index (χ4v) is 4.83. The number of rotatable bonds is 5. The molecule has 1 aromatic heterocycles. The average molecular weight is 323 g/mol. The Labute approximate surface area is 127 Å². The summed E-state index contributed by atoms with van der Waals surface area (Å²) in [6.45, 7) is 0. The van der Waals surface area contributed by atoms with Crippen LogP contribution in [0.4, 0.5) is 4.39 Å². The number of hydrogen-bond acceptors (Lipinski definition) is 5. The number of nitrogens with zero attached hydrogens (tertiary/aromatic N) is 1. The fraction of sp³-hybridized carbons (Fsp3) is 0.0714. The minimum atomic E-state index is -0.202. The summed E-state index contributed by atoms with van der Waals surface area (Å²) in [5, 5.41) is 0.655. The molecular weight excluding hydrogens is 313 g/mol. The minimum Gasteiger partial charge on any atom is -0.431 e. The zero-order valence-electron chi connectivity index (χ0n) is 10.3. The highest BCUT2D eigenvalue weighted by Crippen LogP contribution is 2.42. The quantitative estimate of drug-likeness (QED) is 0.452. The van der Waals surface area contributed by atoms with Crippen molar-refractivity contribution in [3.05, 3.63) is 59.9 Å². The molecule has 0 unspecified atom stereocenters. The first-order valence-electron chi connectivity index (χ1n) is 5.87. The number of oxazole rings is 1. The molecule has 0 saturated heterocycles. The van der Waals surface area contributed by atoms with Crippen LogP contribution in [0.5, 0.6) is 0 Å². The van der Waals surface area contributed by atoms with Gasteiger partial charge in [0.15, 0.2) is 5.58 Å². The second-order valence-electron chi connectivity index (χ2n) is 3.99. The number of para-hydroxylation sites is 2. The molecule has 0 aliphatic rings. The van der Waals surface area contributed by atoms with E-state index in [2.05, 4.69) is 4.98 Å². The average Bonchev–Trinajstić information content (AvgIpc) is 2.88. The molecule has 6 heteroatoms. The molecule has 0 spiro atoms. The van der Waals surface area contributed by atoms with Crippen molar-refractivity contribution in [1.29, 1.82) is 0 Å². The molecule has 2 aromatic carbocycles. The highest BCUT2D eigenvalue weighted by Gasteiger charge is 2.06. The van der Waals surface area contributed by atoms with Crippen LogP contribution < -0.4 is 0 Å². The van der Waals surface area contributed by atoms with E-state index in [1.807, 2.05) is 24.3 Å². The number of aromatic nitrogens is 1. The van der Waals surface area contributed by atoms with Gasteiger partial charge in [-0.05, 0) is 39.7 Å². The molecule has 0 bridgehead atoms. The van der Waals surface area contributed by atoms with Crippen LogP contribution in [-0.2, 0) is 5.75 Å². The predicted molar refractivity (Wildman–Crippen MR) is 85.2 cm³/mol. The standard InChI is InChI=1S/C14H10FNOS3/c15-11-7-5-10(6-8-11)9-18-20-19-14-16-12-3-1-2-4-13(12)17-14/h1-8H,9H2. The summed E-state index contributed by atoms with van der Waals surface area (Å²) in [5.41, 5.74) is 2.78. The van der Waals surface area contributed by atoms with Gasteiger partial charge in [0.25, 0.3) is 5.22 Å². The lowest BCUT2D eigenvalue weighted by molar-refractivity contribution is 0.491. The third-order valence-electron chi connectivity index (χ3n) is 2.57. The summed E-state index contributed by atoms with van der Waals surface area (Å²) in [5.74, 6) is 0.616. The maximum atomic E-state index is 12.8. The summed E-state index contributed by atoms with van der Waals surface area (Å²) in [4.78, 5) is 4.38. The lowest BCUT2D eigenvalue weighted by Crippen LogP contribution is -1.78. The molecule has 102 valence electrons. The number of hydrogen-bond donors (Lipinski definition) is 0. The second kappa shape index (κ2) is 6.56. The van der Waals surface area contributed by atoms with Gasteiger partial charge in [0.05, 0.1) is 0 Å². The van der Waals surface area contributed by atoms with Gasteiger partial charge in [-0.25, -0.2) is 9.37 Å². The molecule has 0 fully saturated rings. The minimum absolute atomic E-state index is 0.202. The van der Waals surface area contributed by atoms with Crippen molar-refractivity contribution in [1.82, 2.24) is 4.98 Å². The summed E-state index contributed by atoms with van der Waals surface area (Å²) in [6, 6.07) is 14.3. The molecule has 0 radical (unpaired) electrons. The van der Waals surface area contributed by atoms with Crippen LogP contribution in [0.2, 0.25) is 0 Å². The van der Waals surface area contributed by atoms with Gasteiger partial charge in [-0.3, -0.25) is 0 Å². The number of halogens is 1. The van der Waals surface area contributed by atoms with Crippen LogP contribution in [0.3, 0.4) is 0 Å². The van der Waals surface area contributed by atoms with Crippen molar-refractivity contribution < 1.29 is 8.81 Å². The van der Waals surface area contributed by atoms with Crippen LogP contribution in [0.15, 0.2) is 58.2 Å². The Morgan fingerprint density at radius 3 is 2.65 bits per heavy atom. The smallest absolute Gasteiger partial charge is 0.268 e. The Morgan fingerprint density at radius 1 is 1.05 bits per heavy atom. The Bertz CT molecular complexity index is 666. The largest absolute Gasteiger partial charge is 0.431 e. The molecule has 20 heavy (non-hydrogen) atoms. The van der Waals surface area contributed by atoms with Crippen molar-refractivity contribution in [2.45, 2.75) is 11.0 Å². The summed E-state index contributed by atoms with van der Waals surface area (Å²) in [7, 11) is 4.77. The zero-order chi connectivity index (χ0) is 13.8. The van der Waals surface area contributed by atoms with Gasteiger partial charge < -0.3 is 4.42 Å². The van der Waals surface area contributed by atoms with E-state index in [0.29, 0.717) is 5.22 Å². The fourth-order valence-electron chi connectivity index (χ4n) is 1.61. The molecule has 3 rings (SSSR count). The molecule has 0 saturated carbocycles. The van der Waals surface area contributed by atoms with E-state index in [-0.39, 0.29) is 5.82 Å². The van der Waals surface area contributed by atoms with Crippen LogP contribution in [0.25, 0.3) is 11.1 Å². The van der Waals surface area contributed by atoms with Crippen LogP contribution in [0.1, 0.15) is 5.56 Å². The lowest BCUT2D eigenvalue weighted by Gasteiger charge is -1.99. The lowest BCUT2D eigenvalue weighted by atomic mass is 10.2. The van der Waals surface area contributed by atoms with Crippen molar-refractivity contribution in [2.24, 2.45) is 0 Å². The molecule has 0 amide bonds. The molecule has 0 aliphatic carbocycles. The molecule has 0 aliphatic heterocycles. The first-order chi connectivity index (χ1) is 9.81. The van der Waals surface area contributed by atoms with Gasteiger partial charge in [0.1, 0.15) is 11.3 Å². The topological polar surface area (TPSA) is 26.0 Å². The first-order valence-corrected chi connectivity index (χ1v) is 9.53. The maximum absolute atomic E-state index is 12.8. The van der Waals surface area contributed by atoms with Crippen molar-refractivity contribution in [2.75, 3.05) is 0 Å². The van der Waals surface area contributed by atoms with Crippen molar-refractivity contribution >= 4 is 42.5 Å². The zero-order valence-corrected chi connectivity index (χ0v) is 12.7. The van der Waals surface area contributed by atoms with Crippen LogP contribution in [0, 0.1) is 5.82 Å².